The van der Waals surface area contributed by atoms with Crippen LogP contribution in [0.2, 0.25) is 0 Å². The molecule has 3 heterocycles. The summed E-state index contributed by atoms with van der Waals surface area (Å²) in [5.74, 6) is 0.629. The number of amides is 1. The molecule has 25 heavy (non-hydrogen) atoms. The van der Waals surface area contributed by atoms with Crippen molar-refractivity contribution in [3.63, 3.8) is 0 Å². The number of primary amides is 1. The molecule has 1 unspecified atom stereocenters. The summed E-state index contributed by atoms with van der Waals surface area (Å²) in [4.78, 5) is 16.0. The Labute approximate surface area is 145 Å². The third-order valence-electron chi connectivity index (χ3n) is 4.72. The maximum Gasteiger partial charge on any atom is 0.252 e. The van der Waals surface area contributed by atoms with Crippen LogP contribution in [0.4, 0.5) is 11.5 Å². The fourth-order valence-electron chi connectivity index (χ4n) is 3.07. The van der Waals surface area contributed by atoms with Gasteiger partial charge in [0.25, 0.3) is 5.91 Å². The zero-order chi connectivity index (χ0) is 17.6. The number of carbonyl (C=O) groups is 1. The number of pyridine rings is 1. The number of rotatable bonds is 5. The lowest BCUT2D eigenvalue weighted by atomic mass is 10.1. The van der Waals surface area contributed by atoms with Crippen molar-refractivity contribution in [2.24, 2.45) is 11.7 Å². The minimum atomic E-state index is -0.489. The summed E-state index contributed by atoms with van der Waals surface area (Å²) in [6.07, 6.45) is 7.57. The number of fused-ring (bicyclic) bond motifs is 1. The molecule has 0 radical (unpaired) electrons. The Morgan fingerprint density at radius 1 is 1.32 bits per heavy atom. The fraction of sp³-hybridized carbons (Fsp3) is 0.278. The van der Waals surface area contributed by atoms with Gasteiger partial charge in [-0.3, -0.25) is 4.79 Å². The second-order valence-electron chi connectivity index (χ2n) is 6.60. The van der Waals surface area contributed by atoms with E-state index in [-0.39, 0.29) is 6.04 Å². The first kappa shape index (κ1) is 15.4. The van der Waals surface area contributed by atoms with Gasteiger partial charge in [-0.25, -0.2) is 9.50 Å². The van der Waals surface area contributed by atoms with Crippen molar-refractivity contribution in [3.8, 4) is 11.1 Å². The Morgan fingerprint density at radius 3 is 2.76 bits per heavy atom. The molecule has 1 aliphatic carbocycles. The van der Waals surface area contributed by atoms with E-state index in [1.54, 1.807) is 16.8 Å². The molecule has 0 bridgehead atoms. The number of nitrogens with zero attached hydrogens (tertiary/aromatic N) is 3. The van der Waals surface area contributed by atoms with Crippen LogP contribution in [0.25, 0.3) is 16.6 Å². The molecule has 128 valence electrons. The zero-order valence-electron chi connectivity index (χ0n) is 13.9. The maximum absolute atomic E-state index is 11.9. The van der Waals surface area contributed by atoms with Gasteiger partial charge in [-0.1, -0.05) is 0 Å². The highest BCUT2D eigenvalue weighted by Crippen LogP contribution is 2.36. The summed E-state index contributed by atoms with van der Waals surface area (Å²) in [6, 6.07) is 5.93. The van der Waals surface area contributed by atoms with Crippen LogP contribution < -0.4 is 16.8 Å². The third kappa shape index (κ3) is 2.88. The first-order valence-electron chi connectivity index (χ1n) is 8.32. The molecule has 0 saturated heterocycles. The van der Waals surface area contributed by atoms with Gasteiger partial charge in [0, 0.05) is 29.6 Å². The van der Waals surface area contributed by atoms with Crippen LogP contribution in [0, 0.1) is 5.92 Å². The van der Waals surface area contributed by atoms with Crippen molar-refractivity contribution < 1.29 is 4.79 Å². The average Bonchev–Trinajstić information content (AvgIpc) is 3.34. The van der Waals surface area contributed by atoms with Crippen molar-refractivity contribution in [3.05, 3.63) is 42.4 Å². The summed E-state index contributed by atoms with van der Waals surface area (Å²) in [7, 11) is 0. The minimum absolute atomic E-state index is 0.279. The van der Waals surface area contributed by atoms with Crippen molar-refractivity contribution >= 4 is 22.9 Å². The number of aromatic nitrogens is 3. The number of nitrogens with one attached hydrogen (secondary N) is 1. The van der Waals surface area contributed by atoms with Crippen LogP contribution in [-0.2, 0) is 0 Å². The molecule has 7 heteroatoms. The van der Waals surface area contributed by atoms with Gasteiger partial charge in [0.05, 0.1) is 23.0 Å². The quantitative estimate of drug-likeness (QED) is 0.662. The van der Waals surface area contributed by atoms with E-state index in [0.717, 1.165) is 22.3 Å². The van der Waals surface area contributed by atoms with Gasteiger partial charge in [-0.15, -0.1) is 0 Å². The van der Waals surface area contributed by atoms with Crippen molar-refractivity contribution in [2.45, 2.75) is 25.8 Å². The van der Waals surface area contributed by atoms with Gasteiger partial charge in [-0.05, 0) is 43.9 Å². The van der Waals surface area contributed by atoms with E-state index in [0.29, 0.717) is 17.3 Å². The number of carbonyl (C=O) groups excluding carboxylic acids is 1. The fourth-order valence-corrected chi connectivity index (χ4v) is 3.07. The largest absolute Gasteiger partial charge is 0.384 e. The van der Waals surface area contributed by atoms with Gasteiger partial charge in [0.2, 0.25) is 0 Å². The van der Waals surface area contributed by atoms with Crippen molar-refractivity contribution in [2.75, 3.05) is 11.1 Å². The molecule has 3 aromatic rings. The number of anilines is 2. The SMILES string of the molecule is CC(Nc1c(C(N)=O)cnn2cc(-c3ccc(N)nc3)cc12)C1CC1. The lowest BCUT2D eigenvalue weighted by molar-refractivity contribution is 0.100. The Balaban J connectivity index is 1.82. The molecular weight excluding hydrogens is 316 g/mol. The van der Waals surface area contributed by atoms with Gasteiger partial charge in [-0.2, -0.15) is 5.10 Å². The monoisotopic (exact) mass is 336 g/mol. The topological polar surface area (TPSA) is 111 Å². The van der Waals surface area contributed by atoms with E-state index < -0.39 is 5.91 Å². The Kier molecular flexibility index (Phi) is 3.56. The van der Waals surface area contributed by atoms with Gasteiger partial charge < -0.3 is 16.8 Å². The zero-order valence-corrected chi connectivity index (χ0v) is 13.9. The molecule has 0 spiro atoms. The highest BCUT2D eigenvalue weighted by Gasteiger charge is 2.29. The first-order valence-corrected chi connectivity index (χ1v) is 8.32. The molecule has 4 rings (SSSR count). The summed E-state index contributed by atoms with van der Waals surface area (Å²) < 4.78 is 1.75. The van der Waals surface area contributed by atoms with Crippen LogP contribution in [-0.4, -0.2) is 26.5 Å². The predicted octanol–water partition coefficient (Wildman–Crippen LogP) is 2.29. The van der Waals surface area contributed by atoms with E-state index in [9.17, 15) is 4.79 Å². The van der Waals surface area contributed by atoms with Crippen LogP contribution in [0.5, 0.6) is 0 Å². The molecule has 1 saturated carbocycles. The second kappa shape index (κ2) is 5.77. The molecule has 1 fully saturated rings. The number of hydrogen-bond acceptors (Lipinski definition) is 5. The first-order chi connectivity index (χ1) is 12.0. The van der Waals surface area contributed by atoms with Crippen molar-refractivity contribution in [1.29, 1.82) is 0 Å². The second-order valence-corrected chi connectivity index (χ2v) is 6.60. The lowest BCUT2D eigenvalue weighted by Crippen LogP contribution is -2.22. The van der Waals surface area contributed by atoms with Crippen LogP contribution in [0.15, 0.2) is 36.8 Å². The molecule has 1 atom stereocenters. The third-order valence-corrected chi connectivity index (χ3v) is 4.72. The maximum atomic E-state index is 11.9. The summed E-state index contributed by atoms with van der Waals surface area (Å²) >= 11 is 0. The van der Waals surface area contributed by atoms with E-state index >= 15 is 0 Å². The van der Waals surface area contributed by atoms with Gasteiger partial charge in [0.15, 0.2) is 0 Å². The average molecular weight is 336 g/mol. The van der Waals surface area contributed by atoms with E-state index in [4.69, 9.17) is 11.5 Å². The number of nitrogens with two attached hydrogens (primary N) is 2. The number of nitrogen functional groups attached to an aromatic ring is 1. The molecule has 7 nitrogen and oxygen atoms in total. The molecule has 0 aliphatic heterocycles. The normalized spacial score (nSPS) is 15.2. The Morgan fingerprint density at radius 2 is 2.12 bits per heavy atom. The molecule has 1 amide bonds. The van der Waals surface area contributed by atoms with Gasteiger partial charge in [0.1, 0.15) is 5.82 Å². The van der Waals surface area contributed by atoms with Crippen molar-refractivity contribution in [1.82, 2.24) is 14.6 Å². The highest BCUT2D eigenvalue weighted by molar-refractivity contribution is 6.02. The molecule has 5 N–H and O–H groups in total. The smallest absolute Gasteiger partial charge is 0.252 e. The van der Waals surface area contributed by atoms with Crippen LogP contribution >= 0.6 is 0 Å². The molecule has 1 aliphatic rings. The van der Waals surface area contributed by atoms with Gasteiger partial charge >= 0.3 is 0 Å². The van der Waals surface area contributed by atoms with E-state index in [1.165, 1.54) is 19.0 Å². The molecular formula is C18H20N6O. The molecule has 3 aromatic heterocycles. The summed E-state index contributed by atoms with van der Waals surface area (Å²) in [6.45, 7) is 2.13. The van der Waals surface area contributed by atoms with E-state index in [2.05, 4.69) is 22.3 Å². The van der Waals surface area contributed by atoms with Crippen LogP contribution in [0.1, 0.15) is 30.1 Å². The lowest BCUT2D eigenvalue weighted by Gasteiger charge is -2.17. The Hall–Kier alpha value is -3.09. The molecule has 0 aromatic carbocycles. The van der Waals surface area contributed by atoms with E-state index in [1.807, 2.05) is 18.3 Å². The predicted molar refractivity (Wildman–Crippen MR) is 97.2 cm³/mol. The summed E-state index contributed by atoms with van der Waals surface area (Å²) in [5.41, 5.74) is 15.0. The highest BCUT2D eigenvalue weighted by atomic mass is 16.1. The number of hydrogen-bond donors (Lipinski definition) is 3. The minimum Gasteiger partial charge on any atom is -0.384 e. The van der Waals surface area contributed by atoms with Crippen LogP contribution in [0.3, 0.4) is 0 Å². The standard InChI is InChI=1S/C18H20N6O/c1-10(11-2-3-11)23-17-14(18(20)25)8-22-24-9-13(6-15(17)24)12-4-5-16(19)21-7-12/h4-11,23H,2-3H2,1H3,(H2,19,21)(H2,20,25). The Bertz CT molecular complexity index is 942. The summed E-state index contributed by atoms with van der Waals surface area (Å²) in [5, 5.41) is 7.80.